The number of thiazole rings is 1. The third kappa shape index (κ3) is 2.66. The van der Waals surface area contributed by atoms with Crippen molar-refractivity contribution in [1.29, 1.82) is 0 Å². The van der Waals surface area contributed by atoms with Crippen LogP contribution in [0.3, 0.4) is 0 Å². The average Bonchev–Trinajstić information content (AvgIpc) is 2.71. The molecule has 0 amide bonds. The van der Waals surface area contributed by atoms with Crippen LogP contribution in [0.5, 0.6) is 0 Å². The molecule has 0 aliphatic rings. The molecule has 1 heterocycles. The van der Waals surface area contributed by atoms with Gasteiger partial charge in [-0.1, -0.05) is 26.0 Å². The fourth-order valence-corrected chi connectivity index (χ4v) is 3.54. The van der Waals surface area contributed by atoms with E-state index in [1.807, 2.05) is 0 Å². The van der Waals surface area contributed by atoms with Crippen molar-refractivity contribution >= 4 is 27.3 Å². The highest BCUT2D eigenvalue weighted by Crippen LogP contribution is 2.37. The van der Waals surface area contributed by atoms with Gasteiger partial charge in [0.05, 0.1) is 4.88 Å². The number of benzene rings is 1. The molecule has 0 aliphatic heterocycles. The van der Waals surface area contributed by atoms with Gasteiger partial charge in [0.2, 0.25) is 0 Å². The fraction of sp³-hybridized carbons (Fsp3) is 0.357. The van der Waals surface area contributed by atoms with Crippen LogP contribution < -0.4 is 5.73 Å². The van der Waals surface area contributed by atoms with Crippen LogP contribution in [-0.4, -0.2) is 4.98 Å². The lowest BCUT2D eigenvalue weighted by Crippen LogP contribution is -1.93. The zero-order valence-electron chi connectivity index (χ0n) is 10.8. The first-order chi connectivity index (χ1) is 8.52. The minimum Gasteiger partial charge on any atom is -0.325 e. The Labute approximate surface area is 120 Å². The topological polar surface area (TPSA) is 38.9 Å². The summed E-state index contributed by atoms with van der Waals surface area (Å²) >= 11 is 5.20. The van der Waals surface area contributed by atoms with Crippen LogP contribution in [0.15, 0.2) is 22.8 Å². The Hall–Kier alpha value is -0.710. The van der Waals surface area contributed by atoms with Gasteiger partial charge in [-0.3, -0.25) is 0 Å². The molecule has 0 saturated carbocycles. The Balaban J connectivity index is 2.54. The molecular weight excluding hydrogens is 308 g/mol. The SMILES string of the molecule is Cc1ccc(C(C)C)cc1-c1sc(CN)nc1Br. The van der Waals surface area contributed by atoms with Crippen molar-refractivity contribution in [3.8, 4) is 10.4 Å². The van der Waals surface area contributed by atoms with Crippen LogP contribution >= 0.6 is 27.3 Å². The Morgan fingerprint density at radius 2 is 2.11 bits per heavy atom. The van der Waals surface area contributed by atoms with E-state index in [4.69, 9.17) is 5.73 Å². The van der Waals surface area contributed by atoms with Crippen molar-refractivity contribution in [3.63, 3.8) is 0 Å². The van der Waals surface area contributed by atoms with Crippen molar-refractivity contribution < 1.29 is 0 Å². The maximum absolute atomic E-state index is 5.65. The molecule has 2 nitrogen and oxygen atoms in total. The highest BCUT2D eigenvalue weighted by Gasteiger charge is 2.13. The summed E-state index contributed by atoms with van der Waals surface area (Å²) in [6, 6.07) is 6.64. The van der Waals surface area contributed by atoms with Crippen LogP contribution in [0.25, 0.3) is 10.4 Å². The fourth-order valence-electron chi connectivity index (χ4n) is 1.84. The molecule has 4 heteroatoms. The number of rotatable bonds is 3. The smallest absolute Gasteiger partial charge is 0.125 e. The Morgan fingerprint density at radius 3 is 2.67 bits per heavy atom. The lowest BCUT2D eigenvalue weighted by atomic mass is 9.97. The minimum atomic E-state index is 0.492. The van der Waals surface area contributed by atoms with Gasteiger partial charge in [0.15, 0.2) is 0 Å². The standard InChI is InChI=1S/C14H17BrN2S/c1-8(2)10-5-4-9(3)11(6-10)13-14(15)17-12(7-16)18-13/h4-6,8H,7,16H2,1-3H3. The molecule has 0 spiro atoms. The normalized spacial score (nSPS) is 11.2. The average molecular weight is 325 g/mol. The first-order valence-electron chi connectivity index (χ1n) is 5.99. The van der Waals surface area contributed by atoms with E-state index in [1.165, 1.54) is 21.6 Å². The Kier molecular flexibility index (Phi) is 4.20. The molecule has 2 rings (SSSR count). The van der Waals surface area contributed by atoms with E-state index in [0.717, 1.165) is 9.61 Å². The second kappa shape index (κ2) is 5.51. The highest BCUT2D eigenvalue weighted by atomic mass is 79.9. The zero-order chi connectivity index (χ0) is 13.3. The van der Waals surface area contributed by atoms with Crippen molar-refractivity contribution in [2.24, 2.45) is 5.73 Å². The monoisotopic (exact) mass is 324 g/mol. The second-order valence-electron chi connectivity index (χ2n) is 4.66. The number of nitrogens with zero attached hydrogens (tertiary/aromatic N) is 1. The molecule has 96 valence electrons. The molecule has 0 saturated heterocycles. The number of hydrogen-bond donors (Lipinski definition) is 1. The van der Waals surface area contributed by atoms with E-state index >= 15 is 0 Å². The van der Waals surface area contributed by atoms with Gasteiger partial charge in [0, 0.05) is 6.54 Å². The van der Waals surface area contributed by atoms with E-state index in [0.29, 0.717) is 12.5 Å². The van der Waals surface area contributed by atoms with Gasteiger partial charge in [-0.15, -0.1) is 11.3 Å². The predicted molar refractivity (Wildman–Crippen MR) is 82.0 cm³/mol. The third-order valence-electron chi connectivity index (χ3n) is 2.98. The number of hydrogen-bond acceptors (Lipinski definition) is 3. The molecule has 1 aromatic carbocycles. The summed E-state index contributed by atoms with van der Waals surface area (Å²) in [4.78, 5) is 5.61. The van der Waals surface area contributed by atoms with Crippen LogP contribution in [0, 0.1) is 6.92 Å². The highest BCUT2D eigenvalue weighted by molar-refractivity contribution is 9.10. The molecule has 2 aromatic rings. The molecule has 18 heavy (non-hydrogen) atoms. The van der Waals surface area contributed by atoms with E-state index in [9.17, 15) is 0 Å². The number of nitrogens with two attached hydrogens (primary N) is 1. The molecule has 0 bridgehead atoms. The number of aryl methyl sites for hydroxylation is 1. The summed E-state index contributed by atoms with van der Waals surface area (Å²) < 4.78 is 0.900. The summed E-state index contributed by atoms with van der Waals surface area (Å²) in [6.07, 6.45) is 0. The molecule has 1 aromatic heterocycles. The van der Waals surface area contributed by atoms with E-state index in [1.54, 1.807) is 11.3 Å². The van der Waals surface area contributed by atoms with Gasteiger partial charge < -0.3 is 5.73 Å². The third-order valence-corrected chi connectivity index (χ3v) is 4.92. The summed E-state index contributed by atoms with van der Waals surface area (Å²) in [5.74, 6) is 0.532. The van der Waals surface area contributed by atoms with Crippen LogP contribution in [-0.2, 0) is 6.54 Å². The van der Waals surface area contributed by atoms with Crippen molar-refractivity contribution in [2.75, 3.05) is 0 Å². The van der Waals surface area contributed by atoms with E-state index in [2.05, 4.69) is 59.9 Å². The zero-order valence-corrected chi connectivity index (χ0v) is 13.2. The molecular formula is C14H17BrN2S. The molecule has 0 radical (unpaired) electrons. The summed E-state index contributed by atoms with van der Waals surface area (Å²) in [7, 11) is 0. The van der Waals surface area contributed by atoms with Gasteiger partial charge in [0.1, 0.15) is 9.61 Å². The summed E-state index contributed by atoms with van der Waals surface area (Å²) in [5, 5.41) is 0.964. The second-order valence-corrected chi connectivity index (χ2v) is 6.50. The summed E-state index contributed by atoms with van der Waals surface area (Å²) in [5.41, 5.74) is 9.53. The van der Waals surface area contributed by atoms with Gasteiger partial charge in [0.25, 0.3) is 0 Å². The number of aromatic nitrogens is 1. The maximum Gasteiger partial charge on any atom is 0.125 e. The van der Waals surface area contributed by atoms with Gasteiger partial charge in [-0.25, -0.2) is 4.98 Å². The van der Waals surface area contributed by atoms with Crippen LogP contribution in [0.1, 0.15) is 35.9 Å². The molecule has 0 unspecified atom stereocenters. The first kappa shape index (κ1) is 13.7. The predicted octanol–water partition coefficient (Wildman–Crippen LogP) is 4.46. The van der Waals surface area contributed by atoms with Crippen molar-refractivity contribution in [1.82, 2.24) is 4.98 Å². The quantitative estimate of drug-likeness (QED) is 0.905. The van der Waals surface area contributed by atoms with Gasteiger partial charge >= 0.3 is 0 Å². The molecule has 0 aliphatic carbocycles. The van der Waals surface area contributed by atoms with Crippen molar-refractivity contribution in [3.05, 3.63) is 38.9 Å². The Bertz CT molecular complexity index is 561. The van der Waals surface area contributed by atoms with E-state index in [-0.39, 0.29) is 0 Å². The van der Waals surface area contributed by atoms with Crippen LogP contribution in [0.2, 0.25) is 0 Å². The molecule has 0 fully saturated rings. The van der Waals surface area contributed by atoms with E-state index < -0.39 is 0 Å². The lowest BCUT2D eigenvalue weighted by molar-refractivity contribution is 0.866. The van der Waals surface area contributed by atoms with Crippen molar-refractivity contribution in [2.45, 2.75) is 33.2 Å². The van der Waals surface area contributed by atoms with Gasteiger partial charge in [-0.05, 0) is 51.5 Å². The van der Waals surface area contributed by atoms with Crippen LogP contribution in [0.4, 0.5) is 0 Å². The minimum absolute atomic E-state index is 0.492. The molecule has 2 N–H and O–H groups in total. The summed E-state index contributed by atoms with van der Waals surface area (Å²) in [6.45, 7) is 7.04. The lowest BCUT2D eigenvalue weighted by Gasteiger charge is -2.10. The first-order valence-corrected chi connectivity index (χ1v) is 7.60. The molecule has 0 atom stereocenters. The maximum atomic E-state index is 5.65. The number of halogens is 1. The van der Waals surface area contributed by atoms with Gasteiger partial charge in [-0.2, -0.15) is 0 Å². The Morgan fingerprint density at radius 1 is 1.39 bits per heavy atom. The largest absolute Gasteiger partial charge is 0.325 e.